The van der Waals surface area contributed by atoms with E-state index in [2.05, 4.69) is 29.8 Å². The predicted octanol–water partition coefficient (Wildman–Crippen LogP) is 3.11. The van der Waals surface area contributed by atoms with E-state index in [-0.39, 0.29) is 6.54 Å². The third-order valence-corrected chi connectivity index (χ3v) is 6.55. The van der Waals surface area contributed by atoms with Crippen LogP contribution in [-0.4, -0.2) is 44.3 Å². The number of halogens is 1. The SMILES string of the molecule is COc1ccc(Br)cc1CN(C)S(=O)(=O)N1C[C@@H](C)C[C@H](C)C1. The molecule has 1 saturated heterocycles. The van der Waals surface area contributed by atoms with E-state index in [4.69, 9.17) is 4.74 Å². The van der Waals surface area contributed by atoms with Crippen molar-refractivity contribution in [2.75, 3.05) is 27.2 Å². The molecule has 1 fully saturated rings. The summed E-state index contributed by atoms with van der Waals surface area (Å²) in [5.74, 6) is 1.47. The van der Waals surface area contributed by atoms with Crippen molar-refractivity contribution in [2.24, 2.45) is 11.8 Å². The molecule has 130 valence electrons. The number of piperidine rings is 1. The van der Waals surface area contributed by atoms with Gasteiger partial charge in [0.05, 0.1) is 7.11 Å². The molecule has 0 amide bonds. The van der Waals surface area contributed by atoms with Gasteiger partial charge in [-0.2, -0.15) is 17.0 Å². The maximum atomic E-state index is 12.9. The lowest BCUT2D eigenvalue weighted by atomic mass is 9.94. The first-order valence-electron chi connectivity index (χ1n) is 7.78. The van der Waals surface area contributed by atoms with E-state index in [1.54, 1.807) is 18.5 Å². The summed E-state index contributed by atoms with van der Waals surface area (Å²) in [6, 6.07) is 5.61. The van der Waals surface area contributed by atoms with Gasteiger partial charge in [0.2, 0.25) is 0 Å². The van der Waals surface area contributed by atoms with Gasteiger partial charge in [-0.3, -0.25) is 0 Å². The molecule has 1 aromatic rings. The molecule has 0 aromatic heterocycles. The fourth-order valence-electron chi connectivity index (χ4n) is 3.18. The van der Waals surface area contributed by atoms with Crippen molar-refractivity contribution in [1.82, 2.24) is 8.61 Å². The second-order valence-electron chi connectivity index (χ2n) is 6.48. The lowest BCUT2D eigenvalue weighted by Crippen LogP contribution is -2.48. The second kappa shape index (κ2) is 7.51. The number of ether oxygens (including phenoxy) is 1. The number of nitrogens with zero attached hydrogens (tertiary/aromatic N) is 2. The van der Waals surface area contributed by atoms with Gasteiger partial charge in [-0.1, -0.05) is 29.8 Å². The van der Waals surface area contributed by atoms with Crippen LogP contribution in [0.4, 0.5) is 0 Å². The normalized spacial score (nSPS) is 23.2. The molecule has 1 aliphatic rings. The van der Waals surface area contributed by atoms with Crippen LogP contribution >= 0.6 is 15.9 Å². The van der Waals surface area contributed by atoms with Gasteiger partial charge in [0.1, 0.15) is 5.75 Å². The van der Waals surface area contributed by atoms with Crippen LogP contribution in [-0.2, 0) is 16.8 Å². The molecular weight excluding hydrogens is 380 g/mol. The van der Waals surface area contributed by atoms with Crippen LogP contribution in [0.5, 0.6) is 5.75 Å². The number of hydrogen-bond acceptors (Lipinski definition) is 3. The molecule has 0 unspecified atom stereocenters. The van der Waals surface area contributed by atoms with Crippen LogP contribution in [0.25, 0.3) is 0 Å². The molecular formula is C16H25BrN2O3S. The van der Waals surface area contributed by atoms with Crippen LogP contribution in [0.15, 0.2) is 22.7 Å². The largest absolute Gasteiger partial charge is 0.496 e. The lowest BCUT2D eigenvalue weighted by Gasteiger charge is -2.36. The maximum Gasteiger partial charge on any atom is 0.282 e. The Morgan fingerprint density at radius 2 is 1.91 bits per heavy atom. The topological polar surface area (TPSA) is 49.9 Å². The van der Waals surface area contributed by atoms with Crippen molar-refractivity contribution in [3.05, 3.63) is 28.2 Å². The van der Waals surface area contributed by atoms with Gasteiger partial charge in [0.25, 0.3) is 10.2 Å². The van der Waals surface area contributed by atoms with Gasteiger partial charge in [-0.05, 0) is 36.5 Å². The molecule has 0 aliphatic carbocycles. The molecule has 0 bridgehead atoms. The summed E-state index contributed by atoms with van der Waals surface area (Å²) in [5, 5.41) is 0. The predicted molar refractivity (Wildman–Crippen MR) is 95.6 cm³/mol. The van der Waals surface area contributed by atoms with E-state index in [0.29, 0.717) is 30.7 Å². The van der Waals surface area contributed by atoms with Crippen molar-refractivity contribution in [3.8, 4) is 5.75 Å². The van der Waals surface area contributed by atoms with Gasteiger partial charge < -0.3 is 4.74 Å². The quantitative estimate of drug-likeness (QED) is 0.757. The molecule has 1 aromatic carbocycles. The third-order valence-electron chi connectivity index (χ3n) is 4.19. The number of rotatable bonds is 5. The van der Waals surface area contributed by atoms with Gasteiger partial charge in [-0.15, -0.1) is 0 Å². The first-order chi connectivity index (χ1) is 10.7. The smallest absolute Gasteiger partial charge is 0.282 e. The Morgan fingerprint density at radius 3 is 2.48 bits per heavy atom. The standard InChI is InChI=1S/C16H25BrN2O3S/c1-12-7-13(2)10-19(9-12)23(20,21)18(3)11-14-8-15(17)5-6-16(14)22-4/h5-6,8,12-13H,7,9-11H2,1-4H3/t12-,13-/m0/s1. The molecule has 23 heavy (non-hydrogen) atoms. The molecule has 0 radical (unpaired) electrons. The van der Waals surface area contributed by atoms with Crippen LogP contribution in [0.1, 0.15) is 25.8 Å². The van der Waals surface area contributed by atoms with Gasteiger partial charge in [0.15, 0.2) is 0 Å². The molecule has 0 spiro atoms. The Labute approximate surface area is 147 Å². The fourth-order valence-corrected chi connectivity index (χ4v) is 5.17. The van der Waals surface area contributed by atoms with Crippen LogP contribution in [0.3, 0.4) is 0 Å². The minimum Gasteiger partial charge on any atom is -0.496 e. The number of hydrogen-bond donors (Lipinski definition) is 0. The Morgan fingerprint density at radius 1 is 1.30 bits per heavy atom. The van der Waals surface area contributed by atoms with E-state index >= 15 is 0 Å². The molecule has 2 atom stereocenters. The molecule has 5 nitrogen and oxygen atoms in total. The average Bonchev–Trinajstić information content (AvgIpc) is 2.46. The van der Waals surface area contributed by atoms with Crippen molar-refractivity contribution in [2.45, 2.75) is 26.8 Å². The highest BCUT2D eigenvalue weighted by Crippen LogP contribution is 2.27. The van der Waals surface area contributed by atoms with E-state index in [0.717, 1.165) is 16.5 Å². The number of methoxy groups -OCH3 is 1. The second-order valence-corrected chi connectivity index (χ2v) is 9.43. The Hall–Kier alpha value is -0.630. The summed E-state index contributed by atoms with van der Waals surface area (Å²) in [7, 11) is -0.251. The summed E-state index contributed by atoms with van der Waals surface area (Å²) < 4.78 is 35.0. The molecule has 0 saturated carbocycles. The first-order valence-corrected chi connectivity index (χ1v) is 9.96. The monoisotopic (exact) mass is 404 g/mol. The minimum atomic E-state index is -3.47. The highest BCUT2D eigenvalue weighted by atomic mass is 79.9. The Kier molecular flexibility index (Phi) is 6.10. The summed E-state index contributed by atoms with van der Waals surface area (Å²) in [5.41, 5.74) is 0.839. The van der Waals surface area contributed by atoms with E-state index in [1.165, 1.54) is 4.31 Å². The minimum absolute atomic E-state index is 0.282. The summed E-state index contributed by atoms with van der Waals surface area (Å²) in [6.07, 6.45) is 1.08. The zero-order valence-corrected chi connectivity index (χ0v) is 16.5. The molecule has 7 heteroatoms. The molecule has 2 rings (SSSR count). The van der Waals surface area contributed by atoms with Gasteiger partial charge in [-0.25, -0.2) is 0 Å². The van der Waals surface area contributed by atoms with Crippen LogP contribution in [0.2, 0.25) is 0 Å². The summed E-state index contributed by atoms with van der Waals surface area (Å²) >= 11 is 3.42. The van der Waals surface area contributed by atoms with E-state index in [9.17, 15) is 8.42 Å². The van der Waals surface area contributed by atoms with E-state index in [1.807, 2.05) is 18.2 Å². The highest BCUT2D eigenvalue weighted by molar-refractivity contribution is 9.10. The zero-order valence-electron chi connectivity index (χ0n) is 14.1. The zero-order chi connectivity index (χ0) is 17.2. The Bertz CT molecular complexity index is 641. The average molecular weight is 405 g/mol. The lowest BCUT2D eigenvalue weighted by molar-refractivity contribution is 0.211. The Balaban J connectivity index is 2.19. The van der Waals surface area contributed by atoms with Crippen molar-refractivity contribution < 1.29 is 13.2 Å². The van der Waals surface area contributed by atoms with Crippen molar-refractivity contribution in [3.63, 3.8) is 0 Å². The first kappa shape index (κ1) is 18.7. The molecule has 1 aliphatic heterocycles. The van der Waals surface area contributed by atoms with Crippen LogP contribution < -0.4 is 4.74 Å². The van der Waals surface area contributed by atoms with Crippen LogP contribution in [0, 0.1) is 11.8 Å². The van der Waals surface area contributed by atoms with Crippen molar-refractivity contribution >= 4 is 26.1 Å². The maximum absolute atomic E-state index is 12.9. The molecule has 1 heterocycles. The summed E-state index contributed by atoms with van der Waals surface area (Å²) in [4.78, 5) is 0. The fraction of sp³-hybridized carbons (Fsp3) is 0.625. The van der Waals surface area contributed by atoms with Gasteiger partial charge in [0, 0.05) is 36.7 Å². The van der Waals surface area contributed by atoms with E-state index < -0.39 is 10.2 Å². The summed E-state index contributed by atoms with van der Waals surface area (Å²) in [6.45, 7) is 5.68. The molecule has 0 N–H and O–H groups in total. The van der Waals surface area contributed by atoms with Crippen molar-refractivity contribution in [1.29, 1.82) is 0 Å². The highest BCUT2D eigenvalue weighted by Gasteiger charge is 2.33. The third kappa shape index (κ3) is 4.47. The number of benzene rings is 1. The van der Waals surface area contributed by atoms with Gasteiger partial charge >= 0.3 is 0 Å².